The molecule has 0 saturated heterocycles. The van der Waals surface area contributed by atoms with E-state index < -0.39 is 24.3 Å². The summed E-state index contributed by atoms with van der Waals surface area (Å²) in [6.45, 7) is 6.59. The summed E-state index contributed by atoms with van der Waals surface area (Å²) in [7, 11) is 0. The lowest BCUT2D eigenvalue weighted by Crippen LogP contribution is -2.31. The van der Waals surface area contributed by atoms with Crippen LogP contribution in [0.25, 0.3) is 0 Å². The number of nitrogens with zero attached hydrogens (tertiary/aromatic N) is 1. The number of aromatic amines is 1. The van der Waals surface area contributed by atoms with Crippen LogP contribution >= 0.6 is 0 Å². The summed E-state index contributed by atoms with van der Waals surface area (Å²) in [4.78, 5) is 65.5. The van der Waals surface area contributed by atoms with Crippen molar-refractivity contribution in [1.29, 1.82) is 0 Å². The quantitative estimate of drug-likeness (QED) is 0.351. The van der Waals surface area contributed by atoms with Crippen LogP contribution in [0.2, 0.25) is 0 Å². The summed E-state index contributed by atoms with van der Waals surface area (Å²) in [5, 5.41) is 0. The highest BCUT2D eigenvalue weighted by molar-refractivity contribution is 6.21. The van der Waals surface area contributed by atoms with E-state index in [2.05, 4.69) is 4.98 Å². The van der Waals surface area contributed by atoms with E-state index in [1.54, 1.807) is 39.0 Å². The van der Waals surface area contributed by atoms with E-state index in [4.69, 9.17) is 9.47 Å². The number of imide groups is 1. The molecule has 1 aromatic carbocycles. The highest BCUT2D eigenvalue weighted by atomic mass is 16.5. The van der Waals surface area contributed by atoms with Crippen molar-refractivity contribution in [2.75, 3.05) is 19.8 Å². The predicted octanol–water partition coefficient (Wildman–Crippen LogP) is 2.92. The number of carbonyl (C=O) groups is 5. The molecule has 2 amide bonds. The number of hydrogen-bond acceptors (Lipinski definition) is 7. The van der Waals surface area contributed by atoms with Crippen molar-refractivity contribution in [2.24, 2.45) is 0 Å². The van der Waals surface area contributed by atoms with Crippen molar-refractivity contribution >= 4 is 29.5 Å². The van der Waals surface area contributed by atoms with Crippen LogP contribution in [0.5, 0.6) is 0 Å². The van der Waals surface area contributed by atoms with Crippen LogP contribution in [0.1, 0.15) is 78.1 Å². The Balaban J connectivity index is 1.51. The predicted molar refractivity (Wildman–Crippen MR) is 117 cm³/mol. The van der Waals surface area contributed by atoms with Crippen molar-refractivity contribution in [2.45, 2.75) is 40.5 Å². The standard InChI is InChI=1S/C24H26N2O7/c1-5-32-24(31)21-14(3)20(15(4)25-21)18(27)12-33-19(28)7-6-10-26-22(29)16-9-8-13(2)11-17(16)23(26)30/h8-9,11,25H,5-7,10,12H2,1-4H3. The maximum atomic E-state index is 12.6. The van der Waals surface area contributed by atoms with Crippen LogP contribution in [0.3, 0.4) is 0 Å². The lowest BCUT2D eigenvalue weighted by molar-refractivity contribution is -0.142. The molecule has 0 atom stereocenters. The van der Waals surface area contributed by atoms with E-state index in [9.17, 15) is 24.0 Å². The van der Waals surface area contributed by atoms with Gasteiger partial charge in [-0.05, 0) is 51.8 Å². The summed E-state index contributed by atoms with van der Waals surface area (Å²) in [5.41, 5.74) is 3.01. The second-order valence-electron chi connectivity index (χ2n) is 7.84. The molecule has 0 saturated carbocycles. The minimum absolute atomic E-state index is 0.0567. The van der Waals surface area contributed by atoms with Crippen LogP contribution in [0.4, 0.5) is 0 Å². The lowest BCUT2D eigenvalue weighted by atomic mass is 10.1. The van der Waals surface area contributed by atoms with Gasteiger partial charge in [-0.1, -0.05) is 11.6 Å². The average Bonchev–Trinajstić information content (AvgIpc) is 3.19. The Morgan fingerprint density at radius 2 is 1.70 bits per heavy atom. The van der Waals surface area contributed by atoms with Gasteiger partial charge in [0.05, 0.1) is 17.7 Å². The number of ether oxygens (including phenoxy) is 2. The molecule has 1 aromatic heterocycles. The average molecular weight is 454 g/mol. The largest absolute Gasteiger partial charge is 0.461 e. The number of hydrogen-bond donors (Lipinski definition) is 1. The van der Waals surface area contributed by atoms with Crippen LogP contribution in [0.15, 0.2) is 18.2 Å². The van der Waals surface area contributed by atoms with Crippen molar-refractivity contribution < 1.29 is 33.4 Å². The van der Waals surface area contributed by atoms with Crippen LogP contribution in [-0.2, 0) is 14.3 Å². The molecule has 1 aliphatic rings. The molecular weight excluding hydrogens is 428 g/mol. The number of aryl methyl sites for hydroxylation is 2. The van der Waals surface area contributed by atoms with Crippen LogP contribution in [0, 0.1) is 20.8 Å². The number of carbonyl (C=O) groups excluding carboxylic acids is 5. The number of H-pyrrole nitrogens is 1. The minimum Gasteiger partial charge on any atom is -0.461 e. The Hall–Kier alpha value is -3.75. The second-order valence-corrected chi connectivity index (χ2v) is 7.84. The van der Waals surface area contributed by atoms with Crippen LogP contribution in [-0.4, -0.2) is 59.2 Å². The number of amides is 2. The molecule has 3 rings (SSSR count). The highest BCUT2D eigenvalue weighted by Crippen LogP contribution is 2.24. The number of nitrogens with one attached hydrogen (secondary N) is 1. The second kappa shape index (κ2) is 9.81. The number of fused-ring (bicyclic) bond motifs is 1. The topological polar surface area (TPSA) is 123 Å². The van der Waals surface area contributed by atoms with E-state index in [1.807, 2.05) is 6.92 Å². The molecule has 0 aliphatic carbocycles. The molecule has 9 nitrogen and oxygen atoms in total. The van der Waals surface area contributed by atoms with Crippen molar-refractivity contribution in [1.82, 2.24) is 9.88 Å². The molecule has 0 radical (unpaired) electrons. The smallest absolute Gasteiger partial charge is 0.355 e. The zero-order valence-electron chi connectivity index (χ0n) is 19.1. The van der Waals surface area contributed by atoms with Gasteiger partial charge in [0, 0.05) is 24.2 Å². The van der Waals surface area contributed by atoms with E-state index in [1.165, 1.54) is 0 Å². The minimum atomic E-state index is -0.618. The zero-order valence-corrected chi connectivity index (χ0v) is 19.1. The number of Topliss-reactive ketones (excluding diaryl/α,β-unsaturated/α-hetero) is 1. The zero-order chi connectivity index (χ0) is 24.3. The SMILES string of the molecule is CCOC(=O)c1[nH]c(C)c(C(=O)COC(=O)CCCN2C(=O)c3ccc(C)cc3C2=O)c1C. The molecule has 0 unspecified atom stereocenters. The molecule has 174 valence electrons. The lowest BCUT2D eigenvalue weighted by Gasteiger charge is -2.13. The van der Waals surface area contributed by atoms with Gasteiger partial charge >= 0.3 is 11.9 Å². The molecule has 33 heavy (non-hydrogen) atoms. The van der Waals surface area contributed by atoms with Gasteiger partial charge in [0.1, 0.15) is 5.69 Å². The van der Waals surface area contributed by atoms with Gasteiger partial charge in [-0.15, -0.1) is 0 Å². The molecule has 2 heterocycles. The third kappa shape index (κ3) is 4.87. The van der Waals surface area contributed by atoms with Crippen LogP contribution < -0.4 is 0 Å². The fourth-order valence-electron chi connectivity index (χ4n) is 3.86. The molecule has 9 heteroatoms. The molecule has 0 bridgehead atoms. The first-order chi connectivity index (χ1) is 15.6. The first-order valence-corrected chi connectivity index (χ1v) is 10.7. The molecule has 0 fully saturated rings. The van der Waals surface area contributed by atoms with Gasteiger partial charge in [-0.3, -0.25) is 24.1 Å². The first-order valence-electron chi connectivity index (χ1n) is 10.7. The van der Waals surface area contributed by atoms with Gasteiger partial charge < -0.3 is 14.5 Å². The monoisotopic (exact) mass is 454 g/mol. The fraction of sp³-hybridized carbons (Fsp3) is 0.375. The Bertz CT molecular complexity index is 1150. The number of esters is 2. The molecule has 2 aromatic rings. The normalized spacial score (nSPS) is 12.7. The molecule has 0 spiro atoms. The Morgan fingerprint density at radius 1 is 1.00 bits per heavy atom. The maximum Gasteiger partial charge on any atom is 0.355 e. The molecule has 1 N–H and O–H groups in total. The van der Waals surface area contributed by atoms with Crippen molar-refractivity contribution in [3.8, 4) is 0 Å². The van der Waals surface area contributed by atoms with Gasteiger partial charge in [-0.25, -0.2) is 4.79 Å². The van der Waals surface area contributed by atoms with Gasteiger partial charge in [0.25, 0.3) is 11.8 Å². The summed E-state index contributed by atoms with van der Waals surface area (Å²) < 4.78 is 10.0. The summed E-state index contributed by atoms with van der Waals surface area (Å²) >= 11 is 0. The highest BCUT2D eigenvalue weighted by Gasteiger charge is 2.35. The number of rotatable bonds is 9. The molecule has 1 aliphatic heterocycles. The van der Waals surface area contributed by atoms with E-state index in [0.29, 0.717) is 22.4 Å². The summed E-state index contributed by atoms with van der Waals surface area (Å²) in [6.07, 6.45) is 0.158. The fourth-order valence-corrected chi connectivity index (χ4v) is 3.86. The summed E-state index contributed by atoms with van der Waals surface area (Å²) in [6, 6.07) is 5.07. The van der Waals surface area contributed by atoms with E-state index >= 15 is 0 Å². The molecular formula is C24H26N2O7. The van der Waals surface area contributed by atoms with Crippen molar-refractivity contribution in [3.63, 3.8) is 0 Å². The van der Waals surface area contributed by atoms with Gasteiger partial charge in [-0.2, -0.15) is 0 Å². The third-order valence-electron chi connectivity index (χ3n) is 5.45. The van der Waals surface area contributed by atoms with E-state index in [-0.39, 0.29) is 49.1 Å². The number of benzene rings is 1. The summed E-state index contributed by atoms with van der Waals surface area (Å²) in [5.74, 6) is -2.38. The maximum absolute atomic E-state index is 12.6. The van der Waals surface area contributed by atoms with Gasteiger partial charge in [0.2, 0.25) is 5.78 Å². The first kappa shape index (κ1) is 23.9. The van der Waals surface area contributed by atoms with Gasteiger partial charge in [0.15, 0.2) is 6.61 Å². The third-order valence-corrected chi connectivity index (χ3v) is 5.45. The Morgan fingerprint density at radius 3 is 2.39 bits per heavy atom. The Kier molecular flexibility index (Phi) is 7.10. The van der Waals surface area contributed by atoms with Crippen molar-refractivity contribution in [3.05, 3.63) is 57.4 Å². The van der Waals surface area contributed by atoms with E-state index in [0.717, 1.165) is 10.5 Å². The number of ketones is 1. The number of aromatic nitrogens is 1. The Labute approximate surface area is 191 Å².